The molecule has 0 bridgehead atoms. The number of hydrogen-bond donors (Lipinski definition) is 5. The third-order valence-electron chi connectivity index (χ3n) is 7.70. The molecule has 5 N–H and O–H groups in total. The van der Waals surface area contributed by atoms with Crippen molar-refractivity contribution in [3.8, 4) is 0 Å². The highest BCUT2D eigenvalue weighted by atomic mass is 16.5. The number of carbonyl (C=O) groups is 3. The second-order valence-corrected chi connectivity index (χ2v) is 10.8. The summed E-state index contributed by atoms with van der Waals surface area (Å²) in [7, 11) is 0. The molecule has 0 spiro atoms. The van der Waals surface area contributed by atoms with Gasteiger partial charge in [-0.3, -0.25) is 9.59 Å². The first kappa shape index (κ1) is 36.4. The molecule has 1 aliphatic rings. The Morgan fingerprint density at radius 1 is 0.841 bits per heavy atom. The van der Waals surface area contributed by atoms with Gasteiger partial charge in [0.1, 0.15) is 11.2 Å². The molecule has 0 aliphatic heterocycles. The van der Waals surface area contributed by atoms with Crippen LogP contribution in [0.25, 0.3) is 0 Å². The Bertz CT molecular complexity index is 1230. The van der Waals surface area contributed by atoms with E-state index in [1.807, 2.05) is 60.7 Å². The van der Waals surface area contributed by atoms with E-state index in [1.54, 1.807) is 0 Å². The van der Waals surface area contributed by atoms with Crippen LogP contribution in [0, 0.1) is 0 Å². The molecule has 0 saturated carbocycles. The van der Waals surface area contributed by atoms with E-state index < -0.39 is 47.6 Å². The van der Waals surface area contributed by atoms with Crippen LogP contribution >= 0.6 is 0 Å². The monoisotopic (exact) mass is 611 g/mol. The molecule has 0 saturated heterocycles. The van der Waals surface area contributed by atoms with E-state index in [-0.39, 0.29) is 0 Å². The summed E-state index contributed by atoms with van der Waals surface area (Å²) in [5, 5.41) is 46.1. The molecule has 10 heteroatoms. The second kappa shape index (κ2) is 17.5. The predicted molar refractivity (Wildman–Crippen MR) is 166 cm³/mol. The zero-order valence-corrected chi connectivity index (χ0v) is 25.5. The summed E-state index contributed by atoms with van der Waals surface area (Å²) in [6.07, 6.45) is 9.15. The van der Waals surface area contributed by atoms with Gasteiger partial charge < -0.3 is 35.2 Å². The molecule has 0 radical (unpaired) electrons. The standard InChI is InChI=1S/C28H37NO2.C6H8O7/c1-3-29(4-2)22-14-15-23-31-27(20-12-7-13-21-27)28(30,26-18-10-6-11-19-26)24-25-16-8-5-9-17-25;7-3(8)1-6(13,5(11)12)2-4(9)10/h5-13,16-20,30H,3-4,14-15,21-24H2,1-2H3;13H,1-2H2,(H,7,8)(H,9,10)(H,11,12). The number of aliphatic hydroxyl groups is 2. The van der Waals surface area contributed by atoms with E-state index in [4.69, 9.17) is 25.2 Å². The number of carboxylic acids is 3. The van der Waals surface area contributed by atoms with Gasteiger partial charge in [-0.15, -0.1) is 0 Å². The minimum Gasteiger partial charge on any atom is -0.481 e. The first-order valence-corrected chi connectivity index (χ1v) is 14.8. The minimum absolute atomic E-state index is 0.496. The third-order valence-corrected chi connectivity index (χ3v) is 7.70. The van der Waals surface area contributed by atoms with E-state index in [2.05, 4.69) is 43.0 Å². The van der Waals surface area contributed by atoms with Crippen molar-refractivity contribution in [2.75, 3.05) is 26.2 Å². The van der Waals surface area contributed by atoms with Crippen LogP contribution in [0.3, 0.4) is 0 Å². The largest absolute Gasteiger partial charge is 0.481 e. The average Bonchev–Trinajstić information content (AvgIpc) is 3.00. The molecule has 0 aromatic heterocycles. The van der Waals surface area contributed by atoms with Crippen molar-refractivity contribution in [1.82, 2.24) is 4.90 Å². The summed E-state index contributed by atoms with van der Waals surface area (Å²) in [4.78, 5) is 32.9. The van der Waals surface area contributed by atoms with Gasteiger partial charge in [0, 0.05) is 19.4 Å². The number of hydrogen-bond acceptors (Lipinski definition) is 7. The first-order chi connectivity index (χ1) is 20.9. The maximum absolute atomic E-state index is 12.3. The zero-order chi connectivity index (χ0) is 32.6. The van der Waals surface area contributed by atoms with Crippen LogP contribution in [0.15, 0.2) is 85.0 Å². The van der Waals surface area contributed by atoms with Crippen molar-refractivity contribution in [3.05, 3.63) is 96.1 Å². The molecule has 3 rings (SSSR count). The lowest BCUT2D eigenvalue weighted by Gasteiger charge is -2.46. The maximum Gasteiger partial charge on any atom is 0.336 e. The zero-order valence-electron chi connectivity index (χ0n) is 25.5. The predicted octanol–water partition coefficient (Wildman–Crippen LogP) is 4.26. The van der Waals surface area contributed by atoms with Gasteiger partial charge in [0.2, 0.25) is 0 Å². The van der Waals surface area contributed by atoms with E-state index in [1.165, 1.54) is 0 Å². The summed E-state index contributed by atoms with van der Waals surface area (Å²) < 4.78 is 6.60. The van der Waals surface area contributed by atoms with Gasteiger partial charge in [0.05, 0.1) is 12.8 Å². The molecule has 2 aromatic rings. The summed E-state index contributed by atoms with van der Waals surface area (Å²) in [6, 6.07) is 20.2. The fourth-order valence-corrected chi connectivity index (χ4v) is 5.18. The van der Waals surface area contributed by atoms with Crippen LogP contribution in [-0.4, -0.2) is 85.8 Å². The third kappa shape index (κ3) is 10.4. The highest BCUT2D eigenvalue weighted by molar-refractivity contribution is 5.88. The molecular formula is C34H45NO9. The molecule has 2 atom stereocenters. The molecule has 0 fully saturated rings. The van der Waals surface area contributed by atoms with Crippen LogP contribution in [-0.2, 0) is 31.1 Å². The van der Waals surface area contributed by atoms with Crippen LogP contribution in [0.2, 0.25) is 0 Å². The maximum atomic E-state index is 12.3. The van der Waals surface area contributed by atoms with Crippen molar-refractivity contribution in [2.45, 2.75) is 69.2 Å². The van der Waals surface area contributed by atoms with Crippen LogP contribution in [0.5, 0.6) is 0 Å². The van der Waals surface area contributed by atoms with E-state index >= 15 is 0 Å². The van der Waals surface area contributed by atoms with E-state index in [0.717, 1.165) is 43.6 Å². The summed E-state index contributed by atoms with van der Waals surface area (Å²) >= 11 is 0. The molecule has 2 aromatic carbocycles. The quantitative estimate of drug-likeness (QED) is 0.163. The van der Waals surface area contributed by atoms with Crippen molar-refractivity contribution < 1.29 is 44.7 Å². The number of carboxylic acid groups (broad SMARTS) is 3. The van der Waals surface area contributed by atoms with Crippen molar-refractivity contribution in [3.63, 3.8) is 0 Å². The first-order valence-electron chi connectivity index (χ1n) is 14.8. The highest BCUT2D eigenvalue weighted by Crippen LogP contribution is 2.44. The molecule has 1 aliphatic carbocycles. The fraction of sp³-hybridized carbons (Fsp3) is 0.441. The van der Waals surface area contributed by atoms with Gasteiger partial charge in [-0.05, 0) is 49.7 Å². The highest BCUT2D eigenvalue weighted by Gasteiger charge is 2.51. The minimum atomic E-state index is -2.74. The van der Waals surface area contributed by atoms with E-state index in [9.17, 15) is 19.5 Å². The Kier molecular flexibility index (Phi) is 14.4. The molecule has 240 valence electrons. The molecule has 2 unspecified atom stereocenters. The van der Waals surface area contributed by atoms with Crippen LogP contribution in [0.4, 0.5) is 0 Å². The molecule has 10 nitrogen and oxygen atoms in total. The van der Waals surface area contributed by atoms with Gasteiger partial charge >= 0.3 is 17.9 Å². The fourth-order valence-electron chi connectivity index (χ4n) is 5.18. The van der Waals surface area contributed by atoms with Crippen LogP contribution in [0.1, 0.15) is 57.1 Å². The van der Waals surface area contributed by atoms with Gasteiger partial charge in [-0.2, -0.15) is 0 Å². The Labute approximate surface area is 258 Å². The Morgan fingerprint density at radius 3 is 1.89 bits per heavy atom. The number of allylic oxidation sites excluding steroid dienone is 2. The Hall–Kier alpha value is -3.83. The summed E-state index contributed by atoms with van der Waals surface area (Å²) in [5.74, 6) is -5.02. The number of ether oxygens (including phenoxy) is 1. The van der Waals surface area contributed by atoms with Gasteiger partial charge in [0.15, 0.2) is 5.60 Å². The summed E-state index contributed by atoms with van der Waals surface area (Å²) in [5.41, 5.74) is -2.72. The van der Waals surface area contributed by atoms with Gasteiger partial charge in [0.25, 0.3) is 0 Å². The number of aliphatic carboxylic acids is 3. The van der Waals surface area contributed by atoms with Crippen molar-refractivity contribution in [1.29, 1.82) is 0 Å². The second-order valence-electron chi connectivity index (χ2n) is 10.8. The lowest BCUT2D eigenvalue weighted by Crippen LogP contribution is -2.54. The number of benzene rings is 2. The number of unbranched alkanes of at least 4 members (excludes halogenated alkanes) is 1. The van der Waals surface area contributed by atoms with Crippen LogP contribution < -0.4 is 0 Å². The molecule has 44 heavy (non-hydrogen) atoms. The number of nitrogens with zero attached hydrogens (tertiary/aromatic N) is 1. The Balaban J connectivity index is 0.000000439. The molecular weight excluding hydrogens is 566 g/mol. The Morgan fingerprint density at radius 2 is 1.41 bits per heavy atom. The normalized spacial score (nSPS) is 17.4. The molecule has 0 amide bonds. The van der Waals surface area contributed by atoms with E-state index in [0.29, 0.717) is 19.4 Å². The summed E-state index contributed by atoms with van der Waals surface area (Å²) in [6.45, 7) is 8.30. The van der Waals surface area contributed by atoms with Crippen molar-refractivity contribution >= 4 is 17.9 Å². The molecule has 0 heterocycles. The smallest absolute Gasteiger partial charge is 0.336 e. The van der Waals surface area contributed by atoms with Gasteiger partial charge in [-0.25, -0.2) is 4.79 Å². The SMILES string of the molecule is CCN(CC)CCCCOC1(C(O)(Cc2ccccc2)c2ccccc2)C=CC=CC1.O=C(O)CC(O)(CC(=O)O)C(=O)O. The topological polar surface area (TPSA) is 165 Å². The van der Waals surface area contributed by atoms with Crippen molar-refractivity contribution in [2.24, 2.45) is 0 Å². The lowest BCUT2D eigenvalue weighted by atomic mass is 9.70. The lowest BCUT2D eigenvalue weighted by molar-refractivity contribution is -0.170. The average molecular weight is 612 g/mol. The van der Waals surface area contributed by atoms with Gasteiger partial charge in [-0.1, -0.05) is 92.7 Å². The number of rotatable bonds is 17.